The van der Waals surface area contributed by atoms with E-state index < -0.39 is 0 Å². The topological polar surface area (TPSA) is 63.1 Å². The van der Waals surface area contributed by atoms with E-state index in [1.165, 1.54) is 6.42 Å². The van der Waals surface area contributed by atoms with Crippen molar-refractivity contribution in [2.75, 3.05) is 19.6 Å². The first-order chi connectivity index (χ1) is 11.1. The number of likely N-dealkylation sites (tertiary alicyclic amines) is 1. The summed E-state index contributed by atoms with van der Waals surface area (Å²) in [4.78, 5) is 15.1. The van der Waals surface area contributed by atoms with E-state index in [4.69, 9.17) is 0 Å². The van der Waals surface area contributed by atoms with Crippen LogP contribution in [0.1, 0.15) is 68.2 Å². The van der Waals surface area contributed by atoms with E-state index >= 15 is 0 Å². The van der Waals surface area contributed by atoms with Crippen LogP contribution < -0.4 is 5.32 Å². The number of amides is 1. The molecule has 0 spiro atoms. The van der Waals surface area contributed by atoms with Gasteiger partial charge >= 0.3 is 0 Å². The molecule has 1 aromatic heterocycles. The SMILES string of the molecule is Cc1c(C(=O)N2CCCCC2C(C)C)nnn1C1CCNCC1. The van der Waals surface area contributed by atoms with Crippen molar-refractivity contribution in [3.63, 3.8) is 0 Å². The van der Waals surface area contributed by atoms with Crippen LogP contribution in [0.15, 0.2) is 0 Å². The molecular formula is C17H29N5O. The highest BCUT2D eigenvalue weighted by Crippen LogP contribution is 2.26. The molecule has 0 radical (unpaired) electrons. The standard InChI is InChI=1S/C17H29N5O/c1-12(2)15-6-4-5-11-21(15)17(23)16-13(3)22(20-19-16)14-7-9-18-10-8-14/h12,14-15,18H,4-11H2,1-3H3. The zero-order valence-corrected chi connectivity index (χ0v) is 14.6. The van der Waals surface area contributed by atoms with E-state index in [1.807, 2.05) is 16.5 Å². The Bertz CT molecular complexity index is 547. The van der Waals surface area contributed by atoms with Gasteiger partial charge in [-0.1, -0.05) is 19.1 Å². The molecule has 1 aromatic rings. The Morgan fingerprint density at radius 1 is 1.22 bits per heavy atom. The molecular weight excluding hydrogens is 290 g/mol. The Hall–Kier alpha value is -1.43. The number of nitrogens with zero attached hydrogens (tertiary/aromatic N) is 4. The highest BCUT2D eigenvalue weighted by atomic mass is 16.2. The summed E-state index contributed by atoms with van der Waals surface area (Å²) in [5.74, 6) is 0.556. The lowest BCUT2D eigenvalue weighted by Crippen LogP contribution is -2.46. The van der Waals surface area contributed by atoms with Crippen LogP contribution in [0.25, 0.3) is 0 Å². The summed E-state index contributed by atoms with van der Waals surface area (Å²) < 4.78 is 1.97. The lowest BCUT2D eigenvalue weighted by molar-refractivity contribution is 0.0536. The number of hydrogen-bond acceptors (Lipinski definition) is 4. The number of aromatic nitrogens is 3. The smallest absolute Gasteiger partial charge is 0.276 e. The average Bonchev–Trinajstić information content (AvgIpc) is 2.96. The molecule has 2 aliphatic rings. The maximum absolute atomic E-state index is 13.0. The maximum atomic E-state index is 13.0. The van der Waals surface area contributed by atoms with Crippen molar-refractivity contribution in [3.8, 4) is 0 Å². The molecule has 0 aromatic carbocycles. The Kier molecular flexibility index (Phi) is 4.99. The van der Waals surface area contributed by atoms with Crippen LogP contribution in [0.5, 0.6) is 0 Å². The fraction of sp³-hybridized carbons (Fsp3) is 0.824. The second-order valence-electron chi connectivity index (χ2n) is 7.25. The van der Waals surface area contributed by atoms with Crippen LogP contribution in [0.2, 0.25) is 0 Å². The molecule has 3 rings (SSSR count). The normalized spacial score (nSPS) is 23.5. The third kappa shape index (κ3) is 3.27. The first-order valence-corrected chi connectivity index (χ1v) is 9.03. The molecule has 6 nitrogen and oxygen atoms in total. The van der Waals surface area contributed by atoms with Crippen molar-refractivity contribution in [1.29, 1.82) is 0 Å². The van der Waals surface area contributed by atoms with Gasteiger partial charge in [0.25, 0.3) is 5.91 Å². The van der Waals surface area contributed by atoms with Crippen LogP contribution in [0.4, 0.5) is 0 Å². The number of carbonyl (C=O) groups is 1. The number of nitrogens with one attached hydrogen (secondary N) is 1. The predicted molar refractivity (Wildman–Crippen MR) is 89.4 cm³/mol. The summed E-state index contributed by atoms with van der Waals surface area (Å²) in [6.07, 6.45) is 5.51. The van der Waals surface area contributed by atoms with Crippen molar-refractivity contribution < 1.29 is 4.79 Å². The molecule has 0 saturated carbocycles. The second-order valence-corrected chi connectivity index (χ2v) is 7.25. The molecule has 2 aliphatic heterocycles. The van der Waals surface area contributed by atoms with Gasteiger partial charge < -0.3 is 10.2 Å². The largest absolute Gasteiger partial charge is 0.334 e. The summed E-state index contributed by atoms with van der Waals surface area (Å²) in [6.45, 7) is 9.26. The zero-order chi connectivity index (χ0) is 16.4. The van der Waals surface area contributed by atoms with Gasteiger partial charge in [0.15, 0.2) is 5.69 Å². The summed E-state index contributed by atoms with van der Waals surface area (Å²) in [5.41, 5.74) is 1.48. The molecule has 1 atom stereocenters. The summed E-state index contributed by atoms with van der Waals surface area (Å²) in [7, 11) is 0. The Morgan fingerprint density at radius 2 is 1.96 bits per heavy atom. The van der Waals surface area contributed by atoms with Crippen molar-refractivity contribution in [2.45, 2.75) is 65.0 Å². The van der Waals surface area contributed by atoms with E-state index in [-0.39, 0.29) is 5.91 Å². The molecule has 128 valence electrons. The molecule has 2 fully saturated rings. The maximum Gasteiger partial charge on any atom is 0.276 e. The second kappa shape index (κ2) is 6.99. The van der Waals surface area contributed by atoms with Gasteiger partial charge in [-0.2, -0.15) is 0 Å². The molecule has 23 heavy (non-hydrogen) atoms. The molecule has 6 heteroatoms. The summed E-state index contributed by atoms with van der Waals surface area (Å²) in [6, 6.07) is 0.701. The van der Waals surface area contributed by atoms with Gasteiger partial charge in [0.2, 0.25) is 0 Å². The van der Waals surface area contributed by atoms with Crippen molar-refractivity contribution in [1.82, 2.24) is 25.2 Å². The van der Waals surface area contributed by atoms with E-state index in [2.05, 4.69) is 29.5 Å². The Balaban J connectivity index is 1.80. The highest BCUT2D eigenvalue weighted by Gasteiger charge is 2.32. The third-order valence-electron chi connectivity index (χ3n) is 5.36. The minimum atomic E-state index is 0.0704. The van der Waals surface area contributed by atoms with Crippen molar-refractivity contribution in [2.24, 2.45) is 5.92 Å². The molecule has 1 unspecified atom stereocenters. The fourth-order valence-corrected chi connectivity index (χ4v) is 3.98. The highest BCUT2D eigenvalue weighted by molar-refractivity contribution is 5.93. The van der Waals surface area contributed by atoms with Gasteiger partial charge in [-0.25, -0.2) is 4.68 Å². The zero-order valence-electron chi connectivity index (χ0n) is 14.6. The van der Waals surface area contributed by atoms with Crippen LogP contribution in [0.3, 0.4) is 0 Å². The number of hydrogen-bond donors (Lipinski definition) is 1. The quantitative estimate of drug-likeness (QED) is 0.927. The minimum Gasteiger partial charge on any atom is -0.334 e. The van der Waals surface area contributed by atoms with Crippen molar-refractivity contribution >= 4 is 5.91 Å². The van der Waals surface area contributed by atoms with Crippen LogP contribution in [0, 0.1) is 12.8 Å². The van der Waals surface area contributed by atoms with E-state index in [0.717, 1.165) is 51.0 Å². The molecule has 3 heterocycles. The monoisotopic (exact) mass is 319 g/mol. The van der Waals surface area contributed by atoms with Gasteiger partial charge in [-0.15, -0.1) is 5.10 Å². The minimum absolute atomic E-state index is 0.0704. The van der Waals surface area contributed by atoms with E-state index in [1.54, 1.807) is 0 Å². The van der Waals surface area contributed by atoms with Gasteiger partial charge in [-0.05, 0) is 58.0 Å². The molecule has 1 amide bonds. The van der Waals surface area contributed by atoms with Gasteiger partial charge in [0.1, 0.15) is 0 Å². The van der Waals surface area contributed by atoms with Crippen LogP contribution >= 0.6 is 0 Å². The Labute approximate surface area is 138 Å². The third-order valence-corrected chi connectivity index (χ3v) is 5.36. The Morgan fingerprint density at radius 3 is 2.65 bits per heavy atom. The van der Waals surface area contributed by atoms with Crippen molar-refractivity contribution in [3.05, 3.63) is 11.4 Å². The van der Waals surface area contributed by atoms with Gasteiger partial charge in [0.05, 0.1) is 11.7 Å². The fourth-order valence-electron chi connectivity index (χ4n) is 3.98. The van der Waals surface area contributed by atoms with E-state index in [0.29, 0.717) is 23.7 Å². The van der Waals surface area contributed by atoms with Gasteiger partial charge in [0, 0.05) is 12.6 Å². The first-order valence-electron chi connectivity index (χ1n) is 9.03. The predicted octanol–water partition coefficient (Wildman–Crippen LogP) is 2.16. The lowest BCUT2D eigenvalue weighted by atomic mass is 9.92. The number of rotatable bonds is 3. The van der Waals surface area contributed by atoms with Crippen LogP contribution in [-0.4, -0.2) is 51.5 Å². The summed E-state index contributed by atoms with van der Waals surface area (Å²) in [5, 5.41) is 11.9. The van der Waals surface area contributed by atoms with Gasteiger partial charge in [-0.3, -0.25) is 4.79 Å². The average molecular weight is 319 g/mol. The molecule has 1 N–H and O–H groups in total. The van der Waals surface area contributed by atoms with E-state index in [9.17, 15) is 4.79 Å². The number of piperidine rings is 2. The first kappa shape index (κ1) is 16.4. The summed E-state index contributed by atoms with van der Waals surface area (Å²) >= 11 is 0. The lowest BCUT2D eigenvalue weighted by Gasteiger charge is -2.38. The number of carbonyl (C=O) groups excluding carboxylic acids is 1. The molecule has 0 aliphatic carbocycles. The van der Waals surface area contributed by atoms with Crippen LogP contribution in [-0.2, 0) is 0 Å². The molecule has 0 bridgehead atoms. The molecule has 2 saturated heterocycles.